The Labute approximate surface area is 121 Å². The van der Waals surface area contributed by atoms with E-state index in [1.807, 2.05) is 0 Å². The third-order valence-corrected chi connectivity index (χ3v) is 4.20. The Balaban J connectivity index is 1.77. The molecule has 1 aliphatic carbocycles. The standard InChI is InChI=1S/C14H17N3O4/c18-9-14(5-1-2-6-14)8-15-13-16-11-4-3-10(17(19)20)7-12(11)21-13/h3-4,7,18H,1-2,5-6,8-9H2,(H,15,16). The minimum absolute atomic E-state index is 0.0205. The van der Waals surface area contributed by atoms with Crippen molar-refractivity contribution in [3.63, 3.8) is 0 Å². The van der Waals surface area contributed by atoms with Crippen molar-refractivity contribution in [1.82, 2.24) is 4.98 Å². The molecule has 0 spiro atoms. The van der Waals surface area contributed by atoms with E-state index in [1.165, 1.54) is 12.1 Å². The first-order chi connectivity index (χ1) is 10.1. The van der Waals surface area contributed by atoms with Crippen molar-refractivity contribution in [1.29, 1.82) is 0 Å². The van der Waals surface area contributed by atoms with Crippen LogP contribution in [0, 0.1) is 15.5 Å². The van der Waals surface area contributed by atoms with Gasteiger partial charge in [0, 0.05) is 18.0 Å². The monoisotopic (exact) mass is 291 g/mol. The van der Waals surface area contributed by atoms with Crippen molar-refractivity contribution in [2.75, 3.05) is 18.5 Å². The van der Waals surface area contributed by atoms with Crippen LogP contribution in [0.3, 0.4) is 0 Å². The molecule has 0 unspecified atom stereocenters. The number of hydrogen-bond donors (Lipinski definition) is 2. The van der Waals surface area contributed by atoms with E-state index in [2.05, 4.69) is 10.3 Å². The lowest BCUT2D eigenvalue weighted by molar-refractivity contribution is -0.384. The van der Waals surface area contributed by atoms with Crippen LogP contribution in [0.1, 0.15) is 25.7 Å². The molecule has 1 aromatic carbocycles. The lowest BCUT2D eigenvalue weighted by Gasteiger charge is -2.25. The first-order valence-corrected chi connectivity index (χ1v) is 7.02. The van der Waals surface area contributed by atoms with E-state index in [0.717, 1.165) is 25.7 Å². The predicted molar refractivity (Wildman–Crippen MR) is 77.1 cm³/mol. The molecule has 1 aromatic heterocycles. The molecule has 2 N–H and O–H groups in total. The van der Waals surface area contributed by atoms with Crippen LogP contribution >= 0.6 is 0 Å². The lowest BCUT2D eigenvalue weighted by atomic mass is 9.87. The van der Waals surface area contributed by atoms with Crippen LogP contribution in [0.25, 0.3) is 11.1 Å². The Morgan fingerprint density at radius 3 is 2.86 bits per heavy atom. The Morgan fingerprint density at radius 1 is 1.43 bits per heavy atom. The number of benzene rings is 1. The normalized spacial score (nSPS) is 17.2. The lowest BCUT2D eigenvalue weighted by Crippen LogP contribution is -2.30. The Morgan fingerprint density at radius 2 is 2.19 bits per heavy atom. The molecule has 7 heteroatoms. The molecule has 21 heavy (non-hydrogen) atoms. The van der Waals surface area contributed by atoms with Gasteiger partial charge in [0.1, 0.15) is 5.52 Å². The molecule has 0 radical (unpaired) electrons. The van der Waals surface area contributed by atoms with Crippen LogP contribution in [0.2, 0.25) is 0 Å². The van der Waals surface area contributed by atoms with Gasteiger partial charge >= 0.3 is 0 Å². The molecule has 1 heterocycles. The predicted octanol–water partition coefficient (Wildman–Crippen LogP) is 2.70. The number of fused-ring (bicyclic) bond motifs is 1. The number of oxazole rings is 1. The maximum Gasteiger partial charge on any atom is 0.295 e. The molecule has 2 aromatic rings. The summed E-state index contributed by atoms with van der Waals surface area (Å²) in [4.78, 5) is 14.5. The van der Waals surface area contributed by atoms with Gasteiger partial charge in [0.15, 0.2) is 5.58 Å². The van der Waals surface area contributed by atoms with Gasteiger partial charge in [0.2, 0.25) is 0 Å². The summed E-state index contributed by atoms with van der Waals surface area (Å²) >= 11 is 0. The topological polar surface area (TPSA) is 101 Å². The number of nitro benzene ring substituents is 1. The Kier molecular flexibility index (Phi) is 3.50. The van der Waals surface area contributed by atoms with Crippen LogP contribution in [-0.4, -0.2) is 28.2 Å². The van der Waals surface area contributed by atoms with Crippen LogP contribution < -0.4 is 5.32 Å². The highest BCUT2D eigenvalue weighted by Crippen LogP contribution is 2.37. The number of nitrogens with one attached hydrogen (secondary N) is 1. The zero-order valence-corrected chi connectivity index (χ0v) is 11.5. The number of aliphatic hydroxyl groups is 1. The van der Waals surface area contributed by atoms with Crippen molar-refractivity contribution < 1.29 is 14.4 Å². The largest absolute Gasteiger partial charge is 0.423 e. The highest BCUT2D eigenvalue weighted by atomic mass is 16.6. The van der Waals surface area contributed by atoms with Gasteiger partial charge in [-0.25, -0.2) is 0 Å². The summed E-state index contributed by atoms with van der Waals surface area (Å²) < 4.78 is 5.50. The van der Waals surface area contributed by atoms with Crippen molar-refractivity contribution >= 4 is 22.8 Å². The molecule has 112 valence electrons. The summed E-state index contributed by atoms with van der Waals surface area (Å²) in [6, 6.07) is 4.68. The molecular formula is C14H17N3O4. The van der Waals surface area contributed by atoms with Gasteiger partial charge in [-0.15, -0.1) is 0 Å². The maximum absolute atomic E-state index is 10.7. The van der Waals surface area contributed by atoms with Crippen molar-refractivity contribution in [3.8, 4) is 0 Å². The average molecular weight is 291 g/mol. The summed E-state index contributed by atoms with van der Waals surface area (Å²) in [6.07, 6.45) is 4.23. The molecular weight excluding hydrogens is 274 g/mol. The Hall–Kier alpha value is -2.15. The van der Waals surface area contributed by atoms with E-state index in [4.69, 9.17) is 4.42 Å². The summed E-state index contributed by atoms with van der Waals surface area (Å²) in [5.41, 5.74) is 0.837. The van der Waals surface area contributed by atoms with Crippen molar-refractivity contribution in [3.05, 3.63) is 28.3 Å². The smallest absolute Gasteiger partial charge is 0.295 e. The van der Waals surface area contributed by atoms with Crippen LogP contribution in [-0.2, 0) is 0 Å². The second-order valence-electron chi connectivity index (χ2n) is 5.65. The van der Waals surface area contributed by atoms with Gasteiger partial charge in [-0.1, -0.05) is 12.8 Å². The van der Waals surface area contributed by atoms with Crippen LogP contribution in [0.5, 0.6) is 0 Å². The van der Waals surface area contributed by atoms with Crippen molar-refractivity contribution in [2.24, 2.45) is 5.41 Å². The molecule has 1 fully saturated rings. The first kappa shape index (κ1) is 13.8. The molecule has 0 atom stereocenters. The molecule has 0 aliphatic heterocycles. The van der Waals surface area contributed by atoms with Gasteiger partial charge in [-0.3, -0.25) is 10.1 Å². The second-order valence-corrected chi connectivity index (χ2v) is 5.65. The van der Waals surface area contributed by atoms with E-state index in [1.54, 1.807) is 6.07 Å². The van der Waals surface area contributed by atoms with Crippen LogP contribution in [0.15, 0.2) is 22.6 Å². The van der Waals surface area contributed by atoms with E-state index in [9.17, 15) is 15.2 Å². The molecule has 1 saturated carbocycles. The number of nitrogens with zero attached hydrogens (tertiary/aromatic N) is 2. The van der Waals surface area contributed by atoms with Gasteiger partial charge in [0.25, 0.3) is 11.7 Å². The van der Waals surface area contributed by atoms with E-state index >= 15 is 0 Å². The highest BCUT2D eigenvalue weighted by molar-refractivity contribution is 5.77. The number of anilines is 1. The highest BCUT2D eigenvalue weighted by Gasteiger charge is 2.33. The summed E-state index contributed by atoms with van der Waals surface area (Å²) in [7, 11) is 0. The molecule has 0 amide bonds. The third kappa shape index (κ3) is 2.69. The Bertz CT molecular complexity index is 661. The number of aliphatic hydroxyl groups excluding tert-OH is 1. The third-order valence-electron chi connectivity index (χ3n) is 4.20. The fraction of sp³-hybridized carbons (Fsp3) is 0.500. The quantitative estimate of drug-likeness (QED) is 0.648. The minimum Gasteiger partial charge on any atom is -0.423 e. The summed E-state index contributed by atoms with van der Waals surface area (Å²) in [5.74, 6) is 0. The molecule has 1 aliphatic rings. The average Bonchev–Trinajstić information content (AvgIpc) is 3.11. The van der Waals surface area contributed by atoms with E-state index in [-0.39, 0.29) is 17.7 Å². The number of nitro groups is 1. The van der Waals surface area contributed by atoms with Crippen LogP contribution in [0.4, 0.5) is 11.7 Å². The van der Waals surface area contributed by atoms with Crippen molar-refractivity contribution in [2.45, 2.75) is 25.7 Å². The maximum atomic E-state index is 10.7. The SMILES string of the molecule is O=[N+]([O-])c1ccc2nc(NCC3(CO)CCCC3)oc2c1. The molecule has 3 rings (SSSR count). The second kappa shape index (κ2) is 5.33. The van der Waals surface area contributed by atoms with Gasteiger partial charge < -0.3 is 14.8 Å². The fourth-order valence-corrected chi connectivity index (χ4v) is 2.88. The van der Waals surface area contributed by atoms with Gasteiger partial charge in [-0.05, 0) is 18.9 Å². The molecule has 7 nitrogen and oxygen atoms in total. The number of non-ortho nitro benzene ring substituents is 1. The number of aromatic nitrogens is 1. The number of hydrogen-bond acceptors (Lipinski definition) is 6. The minimum atomic E-state index is -0.464. The zero-order chi connectivity index (χ0) is 14.9. The molecule has 0 saturated heterocycles. The molecule has 0 bridgehead atoms. The van der Waals surface area contributed by atoms with Gasteiger partial charge in [0.05, 0.1) is 17.6 Å². The van der Waals surface area contributed by atoms with E-state index in [0.29, 0.717) is 23.7 Å². The van der Waals surface area contributed by atoms with E-state index < -0.39 is 4.92 Å². The fourth-order valence-electron chi connectivity index (χ4n) is 2.88. The number of rotatable bonds is 5. The first-order valence-electron chi connectivity index (χ1n) is 7.02. The summed E-state index contributed by atoms with van der Waals surface area (Å²) in [5, 5.41) is 23.4. The van der Waals surface area contributed by atoms with Gasteiger partial charge in [-0.2, -0.15) is 4.98 Å². The zero-order valence-electron chi connectivity index (χ0n) is 11.5. The summed E-state index contributed by atoms with van der Waals surface area (Å²) in [6.45, 7) is 0.740.